The van der Waals surface area contributed by atoms with Crippen LogP contribution in [0.4, 0.5) is 0 Å². The Morgan fingerprint density at radius 3 is 2.13 bits per heavy atom. The molecule has 0 atom stereocenters. The molecule has 128 valence electrons. The van der Waals surface area contributed by atoms with Gasteiger partial charge in [0.05, 0.1) is 5.75 Å². The van der Waals surface area contributed by atoms with Crippen LogP contribution in [0, 0.1) is 5.92 Å². The van der Waals surface area contributed by atoms with Crippen molar-refractivity contribution in [3.63, 3.8) is 0 Å². The molecule has 1 amide bonds. The lowest BCUT2D eigenvalue weighted by atomic mass is 10.0. The van der Waals surface area contributed by atoms with Gasteiger partial charge in [-0.25, -0.2) is 8.42 Å². The van der Waals surface area contributed by atoms with Crippen molar-refractivity contribution in [1.82, 2.24) is 9.21 Å². The van der Waals surface area contributed by atoms with Crippen LogP contribution in [0.5, 0.6) is 0 Å². The van der Waals surface area contributed by atoms with Crippen molar-refractivity contribution in [3.8, 4) is 0 Å². The molecule has 2 rings (SSSR count). The predicted molar refractivity (Wildman–Crippen MR) is 91.3 cm³/mol. The summed E-state index contributed by atoms with van der Waals surface area (Å²) >= 11 is 0. The molecule has 0 radical (unpaired) electrons. The van der Waals surface area contributed by atoms with Crippen LogP contribution in [0.15, 0.2) is 30.3 Å². The van der Waals surface area contributed by atoms with E-state index in [4.69, 9.17) is 0 Å². The van der Waals surface area contributed by atoms with Crippen molar-refractivity contribution in [2.45, 2.75) is 32.4 Å². The van der Waals surface area contributed by atoms with Gasteiger partial charge >= 0.3 is 0 Å². The number of hydrogen-bond acceptors (Lipinski definition) is 3. The Hall–Kier alpha value is -1.40. The molecule has 23 heavy (non-hydrogen) atoms. The van der Waals surface area contributed by atoms with E-state index >= 15 is 0 Å². The van der Waals surface area contributed by atoms with Crippen LogP contribution in [0.2, 0.25) is 0 Å². The van der Waals surface area contributed by atoms with Crippen molar-refractivity contribution < 1.29 is 13.2 Å². The first-order chi connectivity index (χ1) is 11.0. The fraction of sp³-hybridized carbons (Fsp3) is 0.588. The summed E-state index contributed by atoms with van der Waals surface area (Å²) in [5.74, 6) is 0.242. The number of hydrogen-bond donors (Lipinski definition) is 0. The van der Waals surface area contributed by atoms with E-state index in [1.54, 1.807) is 0 Å². The maximum absolute atomic E-state index is 12.5. The smallest absolute Gasteiger partial charge is 0.225 e. The number of carbonyl (C=O) groups excluding carboxylic acids is 1. The Labute approximate surface area is 139 Å². The second kappa shape index (κ2) is 7.93. The topological polar surface area (TPSA) is 57.7 Å². The Balaban J connectivity index is 1.94. The third kappa shape index (κ3) is 4.54. The lowest BCUT2D eigenvalue weighted by Crippen LogP contribution is -2.52. The number of rotatable bonds is 6. The molecule has 0 aliphatic carbocycles. The van der Waals surface area contributed by atoms with E-state index in [2.05, 4.69) is 0 Å². The maximum Gasteiger partial charge on any atom is 0.225 e. The first-order valence-corrected chi connectivity index (χ1v) is 9.89. The molecule has 0 saturated carbocycles. The van der Waals surface area contributed by atoms with Gasteiger partial charge in [0.25, 0.3) is 0 Å². The zero-order valence-corrected chi connectivity index (χ0v) is 14.8. The van der Waals surface area contributed by atoms with E-state index in [0.717, 1.165) is 18.4 Å². The Morgan fingerprint density at radius 1 is 1.04 bits per heavy atom. The van der Waals surface area contributed by atoms with E-state index in [1.165, 1.54) is 4.31 Å². The fourth-order valence-electron chi connectivity index (χ4n) is 2.96. The lowest BCUT2D eigenvalue weighted by molar-refractivity contribution is -0.136. The molecule has 1 aliphatic rings. The highest BCUT2D eigenvalue weighted by atomic mass is 32.2. The average molecular weight is 338 g/mol. The quantitative estimate of drug-likeness (QED) is 0.798. The van der Waals surface area contributed by atoms with Gasteiger partial charge in [0.1, 0.15) is 0 Å². The summed E-state index contributed by atoms with van der Waals surface area (Å²) < 4.78 is 26.5. The van der Waals surface area contributed by atoms with Gasteiger partial charge in [0.15, 0.2) is 0 Å². The van der Waals surface area contributed by atoms with Crippen molar-refractivity contribution in [3.05, 3.63) is 35.9 Å². The molecule has 6 heteroatoms. The molecule has 1 aromatic rings. The van der Waals surface area contributed by atoms with Gasteiger partial charge in [-0.3, -0.25) is 4.79 Å². The van der Waals surface area contributed by atoms with Crippen LogP contribution in [0.3, 0.4) is 0 Å². The van der Waals surface area contributed by atoms with Gasteiger partial charge in [0.2, 0.25) is 15.9 Å². The number of piperazine rings is 1. The van der Waals surface area contributed by atoms with Gasteiger partial charge in [-0.2, -0.15) is 4.31 Å². The number of amides is 1. The zero-order valence-electron chi connectivity index (χ0n) is 13.9. The van der Waals surface area contributed by atoms with Gasteiger partial charge in [-0.1, -0.05) is 44.2 Å². The van der Waals surface area contributed by atoms with Gasteiger partial charge < -0.3 is 4.90 Å². The van der Waals surface area contributed by atoms with Gasteiger partial charge in [0, 0.05) is 32.1 Å². The molecule has 0 unspecified atom stereocenters. The summed E-state index contributed by atoms with van der Waals surface area (Å²) in [4.78, 5) is 14.2. The van der Waals surface area contributed by atoms with Gasteiger partial charge in [-0.05, 0) is 18.4 Å². The van der Waals surface area contributed by atoms with Crippen LogP contribution in [-0.2, 0) is 20.6 Å². The van der Waals surface area contributed by atoms with Crippen molar-refractivity contribution in [2.75, 3.05) is 26.2 Å². The van der Waals surface area contributed by atoms with E-state index in [-0.39, 0.29) is 17.6 Å². The number of benzene rings is 1. The van der Waals surface area contributed by atoms with Crippen molar-refractivity contribution in [1.29, 1.82) is 0 Å². The first-order valence-electron chi connectivity index (χ1n) is 8.28. The molecule has 0 bridgehead atoms. The maximum atomic E-state index is 12.5. The summed E-state index contributed by atoms with van der Waals surface area (Å²) in [6.07, 6.45) is 1.67. The fourth-order valence-corrected chi connectivity index (χ4v) is 4.47. The van der Waals surface area contributed by atoms with E-state index < -0.39 is 10.0 Å². The van der Waals surface area contributed by atoms with Gasteiger partial charge in [-0.15, -0.1) is 0 Å². The summed E-state index contributed by atoms with van der Waals surface area (Å²) in [6.45, 7) is 5.80. The Bertz CT molecular complexity index is 604. The van der Waals surface area contributed by atoms with Crippen LogP contribution in [0.1, 0.15) is 32.3 Å². The number of nitrogens with zero attached hydrogens (tertiary/aromatic N) is 2. The summed E-state index contributed by atoms with van der Waals surface area (Å²) in [7, 11) is -3.32. The molecular weight excluding hydrogens is 312 g/mol. The summed E-state index contributed by atoms with van der Waals surface area (Å²) in [6, 6.07) is 9.21. The third-order valence-electron chi connectivity index (χ3n) is 4.47. The molecule has 1 aliphatic heterocycles. The molecule has 1 aromatic carbocycles. The standard InChI is InChI=1S/C17H26N2O3S/c1-3-16(4-2)17(20)18-10-12-19(13-11-18)23(21,22)14-15-8-6-5-7-9-15/h5-9,16H,3-4,10-14H2,1-2H3. The lowest BCUT2D eigenvalue weighted by Gasteiger charge is -2.35. The van der Waals surface area contributed by atoms with E-state index in [9.17, 15) is 13.2 Å². The highest BCUT2D eigenvalue weighted by molar-refractivity contribution is 7.88. The molecule has 0 spiro atoms. The predicted octanol–water partition coefficient (Wildman–Crippen LogP) is 2.10. The normalized spacial score (nSPS) is 16.7. The summed E-state index contributed by atoms with van der Waals surface area (Å²) in [5, 5.41) is 0. The second-order valence-corrected chi connectivity index (χ2v) is 7.95. The Morgan fingerprint density at radius 2 is 1.61 bits per heavy atom. The minimum atomic E-state index is -3.32. The molecule has 1 fully saturated rings. The molecule has 0 aromatic heterocycles. The number of sulfonamides is 1. The molecular formula is C17H26N2O3S. The molecule has 5 nitrogen and oxygen atoms in total. The van der Waals surface area contributed by atoms with Crippen molar-refractivity contribution in [2.24, 2.45) is 5.92 Å². The van der Waals surface area contributed by atoms with E-state index in [0.29, 0.717) is 26.2 Å². The molecule has 1 heterocycles. The monoisotopic (exact) mass is 338 g/mol. The van der Waals surface area contributed by atoms with Crippen LogP contribution in [0.25, 0.3) is 0 Å². The Kier molecular flexibility index (Phi) is 6.18. The minimum absolute atomic E-state index is 0.0222. The largest absolute Gasteiger partial charge is 0.340 e. The van der Waals surface area contributed by atoms with Crippen molar-refractivity contribution >= 4 is 15.9 Å². The third-order valence-corrected chi connectivity index (χ3v) is 6.32. The first kappa shape index (κ1) is 17.9. The van der Waals surface area contributed by atoms with Crippen LogP contribution >= 0.6 is 0 Å². The van der Waals surface area contributed by atoms with Crippen LogP contribution < -0.4 is 0 Å². The highest BCUT2D eigenvalue weighted by Crippen LogP contribution is 2.17. The average Bonchev–Trinajstić information content (AvgIpc) is 2.56. The second-order valence-electron chi connectivity index (χ2n) is 5.98. The minimum Gasteiger partial charge on any atom is -0.340 e. The molecule has 0 N–H and O–H groups in total. The SMILES string of the molecule is CCC(CC)C(=O)N1CCN(S(=O)(=O)Cc2ccccc2)CC1. The summed E-state index contributed by atoms with van der Waals surface area (Å²) in [5.41, 5.74) is 0.794. The highest BCUT2D eigenvalue weighted by Gasteiger charge is 2.30. The zero-order chi connectivity index (χ0) is 16.9. The number of carbonyl (C=O) groups is 1. The van der Waals surface area contributed by atoms with Crippen LogP contribution in [-0.4, -0.2) is 49.7 Å². The van der Waals surface area contributed by atoms with E-state index in [1.807, 2.05) is 49.1 Å². The molecule has 1 saturated heterocycles.